The topological polar surface area (TPSA) is 70.7 Å². The fraction of sp³-hybridized carbons (Fsp3) is 0.300. The third-order valence-electron chi connectivity index (χ3n) is 4.24. The smallest absolute Gasteiger partial charge is 0.317 e. The number of nitrogens with one attached hydrogen (secondary N) is 2. The monoisotopic (exact) mass is 353 g/mol. The van der Waals surface area contributed by atoms with Crippen LogP contribution in [0.5, 0.6) is 11.5 Å². The molecule has 3 amide bonds. The van der Waals surface area contributed by atoms with Crippen LogP contribution in [0.4, 0.5) is 4.79 Å². The Kier molecular flexibility index (Phi) is 5.73. The molecule has 6 heteroatoms. The molecule has 0 radical (unpaired) electrons. The second kappa shape index (κ2) is 8.38. The van der Waals surface area contributed by atoms with Gasteiger partial charge in [-0.15, -0.1) is 0 Å². The minimum atomic E-state index is -0.179. The van der Waals surface area contributed by atoms with Crippen molar-refractivity contribution in [1.82, 2.24) is 15.5 Å². The van der Waals surface area contributed by atoms with E-state index in [1.807, 2.05) is 61.5 Å². The lowest BCUT2D eigenvalue weighted by molar-refractivity contribution is -0.122. The molecule has 0 bridgehead atoms. The summed E-state index contributed by atoms with van der Waals surface area (Å²) in [6, 6.07) is 16.9. The molecular weight excluding hydrogens is 330 g/mol. The Hall–Kier alpha value is -3.02. The number of urea groups is 1. The van der Waals surface area contributed by atoms with Gasteiger partial charge < -0.3 is 20.3 Å². The van der Waals surface area contributed by atoms with E-state index in [-0.39, 0.29) is 24.5 Å². The summed E-state index contributed by atoms with van der Waals surface area (Å²) in [5.41, 5.74) is 0.974. The van der Waals surface area contributed by atoms with E-state index in [1.165, 1.54) is 4.90 Å². The average molecular weight is 353 g/mol. The number of carbonyl (C=O) groups excluding carboxylic acids is 2. The molecule has 1 atom stereocenters. The van der Waals surface area contributed by atoms with Gasteiger partial charge in [0.2, 0.25) is 5.91 Å². The molecule has 1 unspecified atom stereocenters. The Balaban J connectivity index is 1.53. The van der Waals surface area contributed by atoms with E-state index in [0.717, 1.165) is 23.5 Å². The third-order valence-corrected chi connectivity index (χ3v) is 4.24. The fourth-order valence-corrected chi connectivity index (χ4v) is 2.82. The summed E-state index contributed by atoms with van der Waals surface area (Å²) in [6.45, 7) is 3.27. The van der Waals surface area contributed by atoms with Crippen LogP contribution in [0, 0.1) is 0 Å². The van der Waals surface area contributed by atoms with Gasteiger partial charge >= 0.3 is 6.03 Å². The summed E-state index contributed by atoms with van der Waals surface area (Å²) in [6.07, 6.45) is 0.859. The van der Waals surface area contributed by atoms with Crippen molar-refractivity contribution in [2.24, 2.45) is 0 Å². The highest BCUT2D eigenvalue weighted by Gasteiger charge is 2.20. The number of rotatable bonds is 6. The van der Waals surface area contributed by atoms with E-state index in [1.54, 1.807) is 0 Å². The van der Waals surface area contributed by atoms with Crippen LogP contribution >= 0.6 is 0 Å². The van der Waals surface area contributed by atoms with Gasteiger partial charge in [-0.3, -0.25) is 4.79 Å². The molecule has 1 saturated heterocycles. The highest BCUT2D eigenvalue weighted by Crippen LogP contribution is 2.23. The standard InChI is InChI=1S/C20H23N3O3/c1-15(22-19(24)14-23-13-5-12-21-20(23)25)16-8-10-18(11-9-16)26-17-6-3-2-4-7-17/h2-4,6-11,15H,5,12-14H2,1H3,(H,21,25)(H,22,24). The molecule has 2 aromatic carbocycles. The Morgan fingerprint density at radius 2 is 1.85 bits per heavy atom. The number of hydrogen-bond acceptors (Lipinski definition) is 3. The Bertz CT molecular complexity index is 747. The van der Waals surface area contributed by atoms with E-state index in [4.69, 9.17) is 4.74 Å². The summed E-state index contributed by atoms with van der Waals surface area (Å²) in [4.78, 5) is 25.4. The minimum Gasteiger partial charge on any atom is -0.457 e. The van der Waals surface area contributed by atoms with Gasteiger partial charge in [0.05, 0.1) is 6.04 Å². The summed E-state index contributed by atoms with van der Waals surface area (Å²) in [5.74, 6) is 1.35. The molecule has 1 aliphatic rings. The summed E-state index contributed by atoms with van der Waals surface area (Å²) in [7, 11) is 0. The lowest BCUT2D eigenvalue weighted by Crippen LogP contribution is -2.50. The second-order valence-corrected chi connectivity index (χ2v) is 6.28. The van der Waals surface area contributed by atoms with Gasteiger partial charge in [0.1, 0.15) is 18.0 Å². The number of amides is 3. The first-order chi connectivity index (χ1) is 12.6. The first kappa shape index (κ1) is 17.8. The van der Waals surface area contributed by atoms with Crippen LogP contribution in [0.1, 0.15) is 24.9 Å². The average Bonchev–Trinajstić information content (AvgIpc) is 2.65. The zero-order valence-electron chi connectivity index (χ0n) is 14.8. The maximum atomic E-state index is 12.2. The number of nitrogens with zero attached hydrogens (tertiary/aromatic N) is 1. The number of para-hydroxylation sites is 1. The van der Waals surface area contributed by atoms with Crippen molar-refractivity contribution >= 4 is 11.9 Å². The van der Waals surface area contributed by atoms with Gasteiger partial charge in [0, 0.05) is 13.1 Å². The van der Waals surface area contributed by atoms with Crippen molar-refractivity contribution in [1.29, 1.82) is 0 Å². The van der Waals surface area contributed by atoms with E-state index >= 15 is 0 Å². The maximum absolute atomic E-state index is 12.2. The zero-order chi connectivity index (χ0) is 18.4. The maximum Gasteiger partial charge on any atom is 0.317 e. The van der Waals surface area contributed by atoms with Gasteiger partial charge in [0.25, 0.3) is 0 Å². The largest absolute Gasteiger partial charge is 0.457 e. The number of benzene rings is 2. The van der Waals surface area contributed by atoms with E-state index < -0.39 is 0 Å². The van der Waals surface area contributed by atoms with Crippen LogP contribution in [0.25, 0.3) is 0 Å². The number of carbonyl (C=O) groups is 2. The molecule has 0 aliphatic carbocycles. The molecule has 2 aromatic rings. The molecule has 2 N–H and O–H groups in total. The second-order valence-electron chi connectivity index (χ2n) is 6.28. The summed E-state index contributed by atoms with van der Waals surface area (Å²) < 4.78 is 5.77. The zero-order valence-corrected chi connectivity index (χ0v) is 14.8. The fourth-order valence-electron chi connectivity index (χ4n) is 2.82. The molecule has 6 nitrogen and oxygen atoms in total. The molecule has 0 spiro atoms. The van der Waals surface area contributed by atoms with Crippen molar-refractivity contribution in [3.05, 3.63) is 60.2 Å². The van der Waals surface area contributed by atoms with Gasteiger partial charge in [-0.05, 0) is 43.2 Å². The van der Waals surface area contributed by atoms with Crippen molar-refractivity contribution in [2.75, 3.05) is 19.6 Å². The number of ether oxygens (including phenoxy) is 1. The van der Waals surface area contributed by atoms with E-state index in [0.29, 0.717) is 13.1 Å². The van der Waals surface area contributed by atoms with Crippen molar-refractivity contribution in [3.63, 3.8) is 0 Å². The van der Waals surface area contributed by atoms with Crippen LogP contribution in [0.2, 0.25) is 0 Å². The first-order valence-electron chi connectivity index (χ1n) is 8.77. The predicted octanol–water partition coefficient (Wildman–Crippen LogP) is 3.07. The first-order valence-corrected chi connectivity index (χ1v) is 8.77. The van der Waals surface area contributed by atoms with Crippen molar-refractivity contribution in [3.8, 4) is 11.5 Å². The van der Waals surface area contributed by atoms with E-state index in [2.05, 4.69) is 10.6 Å². The number of hydrogen-bond donors (Lipinski definition) is 2. The lowest BCUT2D eigenvalue weighted by atomic mass is 10.1. The van der Waals surface area contributed by atoms with Crippen LogP contribution < -0.4 is 15.4 Å². The molecular formula is C20H23N3O3. The molecule has 1 aliphatic heterocycles. The van der Waals surface area contributed by atoms with Crippen LogP contribution in [-0.4, -0.2) is 36.5 Å². The van der Waals surface area contributed by atoms with Crippen LogP contribution in [0.15, 0.2) is 54.6 Å². The quantitative estimate of drug-likeness (QED) is 0.838. The predicted molar refractivity (Wildman–Crippen MR) is 99.1 cm³/mol. The summed E-state index contributed by atoms with van der Waals surface area (Å²) >= 11 is 0. The highest BCUT2D eigenvalue weighted by molar-refractivity contribution is 5.84. The SMILES string of the molecule is CC(NC(=O)CN1CCCNC1=O)c1ccc(Oc2ccccc2)cc1. The third kappa shape index (κ3) is 4.75. The molecule has 0 saturated carbocycles. The van der Waals surface area contributed by atoms with Crippen LogP contribution in [-0.2, 0) is 4.79 Å². The van der Waals surface area contributed by atoms with Crippen molar-refractivity contribution < 1.29 is 14.3 Å². The molecule has 136 valence electrons. The van der Waals surface area contributed by atoms with E-state index in [9.17, 15) is 9.59 Å². The Morgan fingerprint density at radius 1 is 1.15 bits per heavy atom. The molecule has 1 heterocycles. The van der Waals surface area contributed by atoms with Gasteiger partial charge in [0.15, 0.2) is 0 Å². The van der Waals surface area contributed by atoms with Crippen LogP contribution in [0.3, 0.4) is 0 Å². The summed E-state index contributed by atoms with van der Waals surface area (Å²) in [5, 5.41) is 5.67. The molecule has 1 fully saturated rings. The van der Waals surface area contributed by atoms with Gasteiger partial charge in [-0.2, -0.15) is 0 Å². The lowest BCUT2D eigenvalue weighted by Gasteiger charge is -2.27. The van der Waals surface area contributed by atoms with Crippen molar-refractivity contribution in [2.45, 2.75) is 19.4 Å². The molecule has 3 rings (SSSR count). The Labute approximate surface area is 153 Å². The molecule has 0 aromatic heterocycles. The minimum absolute atomic E-state index is 0.0748. The Morgan fingerprint density at radius 3 is 2.54 bits per heavy atom. The highest BCUT2D eigenvalue weighted by atomic mass is 16.5. The van der Waals surface area contributed by atoms with Gasteiger partial charge in [-0.1, -0.05) is 30.3 Å². The van der Waals surface area contributed by atoms with Gasteiger partial charge in [-0.25, -0.2) is 4.79 Å². The normalized spacial score (nSPS) is 15.1. The molecule has 26 heavy (non-hydrogen) atoms.